The van der Waals surface area contributed by atoms with Gasteiger partial charge in [-0.05, 0) is 68.2 Å². The molecule has 1 unspecified atom stereocenters. The lowest BCUT2D eigenvalue weighted by molar-refractivity contribution is 0.330. The summed E-state index contributed by atoms with van der Waals surface area (Å²) in [5.41, 5.74) is 3.27. The van der Waals surface area contributed by atoms with Crippen LogP contribution < -0.4 is 5.32 Å². The minimum Gasteiger partial charge on any atom is -0.317 e. The molecule has 1 aliphatic heterocycles. The van der Waals surface area contributed by atoms with Gasteiger partial charge in [-0.2, -0.15) is 0 Å². The molecular formula is C15H21N. The minimum absolute atomic E-state index is 0.860. The van der Waals surface area contributed by atoms with Gasteiger partial charge in [-0.25, -0.2) is 0 Å². The molecule has 1 aliphatic carbocycles. The van der Waals surface area contributed by atoms with Crippen LogP contribution in [0.2, 0.25) is 0 Å². The van der Waals surface area contributed by atoms with Gasteiger partial charge in [-0.15, -0.1) is 0 Å². The van der Waals surface area contributed by atoms with Crippen molar-refractivity contribution < 1.29 is 0 Å². The van der Waals surface area contributed by atoms with Gasteiger partial charge in [0.2, 0.25) is 0 Å². The van der Waals surface area contributed by atoms with Gasteiger partial charge in [0.25, 0.3) is 0 Å². The highest BCUT2D eigenvalue weighted by molar-refractivity contribution is 5.34. The smallest absolute Gasteiger partial charge is 0.00463 e. The highest BCUT2D eigenvalue weighted by Gasteiger charge is 2.25. The molecule has 0 bridgehead atoms. The summed E-state index contributed by atoms with van der Waals surface area (Å²) in [5, 5.41) is 3.46. The average molecular weight is 215 g/mol. The van der Waals surface area contributed by atoms with E-state index in [2.05, 4.69) is 29.6 Å². The van der Waals surface area contributed by atoms with Gasteiger partial charge in [-0.3, -0.25) is 0 Å². The molecule has 0 spiro atoms. The van der Waals surface area contributed by atoms with Crippen LogP contribution in [0.1, 0.15) is 42.7 Å². The third-order valence-corrected chi connectivity index (χ3v) is 4.33. The summed E-state index contributed by atoms with van der Waals surface area (Å²) in [5.74, 6) is 1.83. The van der Waals surface area contributed by atoms with Crippen molar-refractivity contribution in [3.05, 3.63) is 35.4 Å². The van der Waals surface area contributed by atoms with Crippen molar-refractivity contribution in [1.29, 1.82) is 0 Å². The van der Waals surface area contributed by atoms with E-state index in [4.69, 9.17) is 0 Å². The molecular weight excluding hydrogens is 194 g/mol. The first-order valence-electron chi connectivity index (χ1n) is 6.72. The first-order chi connectivity index (χ1) is 7.93. The molecule has 3 rings (SSSR count). The fraction of sp³-hybridized carbons (Fsp3) is 0.600. The van der Waals surface area contributed by atoms with E-state index >= 15 is 0 Å². The predicted octanol–water partition coefficient (Wildman–Crippen LogP) is 3.11. The molecule has 2 aliphatic rings. The molecule has 1 aromatic rings. The van der Waals surface area contributed by atoms with E-state index in [-0.39, 0.29) is 0 Å². The largest absolute Gasteiger partial charge is 0.317 e. The Hall–Kier alpha value is -0.820. The third kappa shape index (κ3) is 2.01. The van der Waals surface area contributed by atoms with Gasteiger partial charge < -0.3 is 5.32 Å². The van der Waals surface area contributed by atoms with Gasteiger partial charge >= 0.3 is 0 Å². The second kappa shape index (κ2) is 4.58. The van der Waals surface area contributed by atoms with E-state index in [1.54, 1.807) is 11.1 Å². The number of piperidine rings is 1. The SMILES string of the molecule is c1ccc2c(c1)CCC2CC1CCNCC1. The third-order valence-electron chi connectivity index (χ3n) is 4.33. The number of hydrogen-bond acceptors (Lipinski definition) is 1. The van der Waals surface area contributed by atoms with Crippen molar-refractivity contribution in [1.82, 2.24) is 5.32 Å². The van der Waals surface area contributed by atoms with Gasteiger partial charge in [-0.1, -0.05) is 24.3 Å². The number of hydrogen-bond donors (Lipinski definition) is 1. The number of rotatable bonds is 2. The van der Waals surface area contributed by atoms with E-state index in [0.29, 0.717) is 0 Å². The van der Waals surface area contributed by atoms with Crippen LogP contribution in [0.5, 0.6) is 0 Å². The fourth-order valence-electron chi connectivity index (χ4n) is 3.41. The molecule has 1 aromatic carbocycles. The van der Waals surface area contributed by atoms with E-state index in [1.807, 2.05) is 0 Å². The zero-order chi connectivity index (χ0) is 10.8. The summed E-state index contributed by atoms with van der Waals surface area (Å²) in [7, 11) is 0. The summed E-state index contributed by atoms with van der Waals surface area (Å²) in [6.45, 7) is 2.47. The van der Waals surface area contributed by atoms with Crippen molar-refractivity contribution in [2.24, 2.45) is 5.92 Å². The lowest BCUT2D eigenvalue weighted by atomic mass is 9.85. The van der Waals surface area contributed by atoms with Crippen molar-refractivity contribution >= 4 is 0 Å². The van der Waals surface area contributed by atoms with Gasteiger partial charge in [0.1, 0.15) is 0 Å². The van der Waals surface area contributed by atoms with Gasteiger partial charge in [0.05, 0.1) is 0 Å². The molecule has 1 saturated heterocycles. The monoisotopic (exact) mass is 215 g/mol. The van der Waals surface area contributed by atoms with E-state index in [0.717, 1.165) is 11.8 Å². The van der Waals surface area contributed by atoms with Crippen molar-refractivity contribution in [2.75, 3.05) is 13.1 Å². The maximum absolute atomic E-state index is 3.46. The predicted molar refractivity (Wildman–Crippen MR) is 67.7 cm³/mol. The number of nitrogens with one attached hydrogen (secondary N) is 1. The van der Waals surface area contributed by atoms with Crippen LogP contribution in [-0.2, 0) is 6.42 Å². The molecule has 1 heterocycles. The highest BCUT2D eigenvalue weighted by Crippen LogP contribution is 2.38. The maximum atomic E-state index is 3.46. The Kier molecular flexibility index (Phi) is 2.96. The zero-order valence-corrected chi connectivity index (χ0v) is 9.91. The standard InChI is InChI=1S/C15H21N/c1-2-4-15-13(3-1)5-6-14(15)11-12-7-9-16-10-8-12/h1-4,12,14,16H,5-11H2. The Morgan fingerprint density at radius 2 is 1.88 bits per heavy atom. The summed E-state index contributed by atoms with van der Waals surface area (Å²) in [6, 6.07) is 9.07. The number of benzene rings is 1. The second-order valence-electron chi connectivity index (χ2n) is 5.36. The van der Waals surface area contributed by atoms with Crippen molar-refractivity contribution in [2.45, 2.75) is 38.0 Å². The Bertz CT molecular complexity index is 352. The van der Waals surface area contributed by atoms with Crippen LogP contribution in [0.15, 0.2) is 24.3 Å². The first kappa shape index (κ1) is 10.3. The number of fused-ring (bicyclic) bond motifs is 1. The van der Waals surface area contributed by atoms with Crippen LogP contribution in [0.25, 0.3) is 0 Å². The Morgan fingerprint density at radius 1 is 1.06 bits per heavy atom. The van der Waals surface area contributed by atoms with Crippen LogP contribution >= 0.6 is 0 Å². The summed E-state index contributed by atoms with van der Waals surface area (Å²) in [6.07, 6.45) is 6.91. The molecule has 1 heteroatoms. The number of aryl methyl sites for hydroxylation is 1. The second-order valence-corrected chi connectivity index (χ2v) is 5.36. The average Bonchev–Trinajstić information content (AvgIpc) is 2.74. The quantitative estimate of drug-likeness (QED) is 0.799. The van der Waals surface area contributed by atoms with Crippen LogP contribution in [0, 0.1) is 5.92 Å². The first-order valence-corrected chi connectivity index (χ1v) is 6.72. The molecule has 0 aromatic heterocycles. The van der Waals surface area contributed by atoms with E-state index in [1.165, 1.54) is 45.2 Å². The van der Waals surface area contributed by atoms with Crippen LogP contribution in [0.3, 0.4) is 0 Å². The summed E-state index contributed by atoms with van der Waals surface area (Å²) < 4.78 is 0. The molecule has 1 N–H and O–H groups in total. The Balaban J connectivity index is 1.68. The Labute approximate surface area is 98.3 Å². The zero-order valence-electron chi connectivity index (χ0n) is 9.91. The molecule has 86 valence electrons. The van der Waals surface area contributed by atoms with Gasteiger partial charge in [0, 0.05) is 0 Å². The molecule has 0 saturated carbocycles. The lowest BCUT2D eigenvalue weighted by Crippen LogP contribution is -2.28. The van der Waals surface area contributed by atoms with Crippen LogP contribution in [-0.4, -0.2) is 13.1 Å². The molecule has 1 atom stereocenters. The van der Waals surface area contributed by atoms with E-state index < -0.39 is 0 Å². The van der Waals surface area contributed by atoms with Crippen molar-refractivity contribution in [3.8, 4) is 0 Å². The Morgan fingerprint density at radius 3 is 2.75 bits per heavy atom. The molecule has 0 amide bonds. The summed E-state index contributed by atoms with van der Waals surface area (Å²) >= 11 is 0. The highest BCUT2D eigenvalue weighted by atomic mass is 14.9. The van der Waals surface area contributed by atoms with E-state index in [9.17, 15) is 0 Å². The van der Waals surface area contributed by atoms with Crippen LogP contribution in [0.4, 0.5) is 0 Å². The topological polar surface area (TPSA) is 12.0 Å². The van der Waals surface area contributed by atoms with Crippen molar-refractivity contribution in [3.63, 3.8) is 0 Å². The maximum Gasteiger partial charge on any atom is -0.00463 e. The lowest BCUT2D eigenvalue weighted by Gasteiger charge is -2.25. The summed E-state index contributed by atoms with van der Waals surface area (Å²) in [4.78, 5) is 0. The molecule has 0 radical (unpaired) electrons. The molecule has 16 heavy (non-hydrogen) atoms. The fourth-order valence-corrected chi connectivity index (χ4v) is 3.41. The van der Waals surface area contributed by atoms with Gasteiger partial charge in [0.15, 0.2) is 0 Å². The normalized spacial score (nSPS) is 25.6. The molecule has 1 fully saturated rings. The molecule has 1 nitrogen and oxygen atoms in total. The minimum atomic E-state index is 0.860.